The lowest BCUT2D eigenvalue weighted by Crippen LogP contribution is -2.38. The van der Waals surface area contributed by atoms with Crippen molar-refractivity contribution in [3.63, 3.8) is 0 Å². The summed E-state index contributed by atoms with van der Waals surface area (Å²) in [4.78, 5) is 54.7. The van der Waals surface area contributed by atoms with Crippen molar-refractivity contribution < 1.29 is 85.5 Å². The van der Waals surface area contributed by atoms with Crippen molar-refractivity contribution in [1.29, 1.82) is 0 Å². The summed E-state index contributed by atoms with van der Waals surface area (Å²) in [5, 5.41) is 0. The zero-order chi connectivity index (χ0) is 51.1. The van der Waals surface area contributed by atoms with Gasteiger partial charge in [0, 0.05) is 99.9 Å². The lowest BCUT2D eigenvalue weighted by atomic mass is 9.89. The van der Waals surface area contributed by atoms with E-state index >= 15 is 0 Å². The number of esters is 4. The maximum atomic E-state index is 11.8. The molecular formula is C49H92N4O18. The minimum Gasteiger partial charge on any atom is -0.464 e. The number of hydrogen-bond donors (Lipinski definition) is 0. The van der Waals surface area contributed by atoms with Crippen molar-refractivity contribution >= 4 is 23.9 Å². The first-order chi connectivity index (χ1) is 34.8. The van der Waals surface area contributed by atoms with Gasteiger partial charge in [-0.3, -0.25) is 38.8 Å². The molecule has 0 unspecified atom stereocenters. The predicted octanol–water partition coefficient (Wildman–Crippen LogP) is 1.19. The van der Waals surface area contributed by atoms with Crippen LogP contribution in [0.2, 0.25) is 0 Å². The zero-order valence-corrected chi connectivity index (χ0v) is 43.7. The highest BCUT2D eigenvalue weighted by Crippen LogP contribution is 2.24. The Kier molecular flexibility index (Phi) is 42.7. The third kappa shape index (κ3) is 38.5. The molecule has 5 fully saturated rings. The molecule has 71 heavy (non-hydrogen) atoms. The Hall–Kier alpha value is -2.68. The molecule has 4 aliphatic heterocycles. The quantitative estimate of drug-likeness (QED) is 0.0543. The van der Waals surface area contributed by atoms with E-state index in [-0.39, 0.29) is 36.2 Å². The Morgan fingerprint density at radius 2 is 0.662 bits per heavy atom. The molecule has 1 saturated carbocycles. The van der Waals surface area contributed by atoms with Gasteiger partial charge in [0.25, 0.3) is 0 Å². The molecule has 22 nitrogen and oxygen atoms in total. The molecule has 0 amide bonds. The molecule has 4 heterocycles. The third-order valence-electron chi connectivity index (χ3n) is 11.7. The first kappa shape index (κ1) is 64.4. The molecule has 0 bridgehead atoms. The first-order valence-corrected chi connectivity index (χ1v) is 25.9. The van der Waals surface area contributed by atoms with Gasteiger partial charge >= 0.3 is 23.9 Å². The van der Waals surface area contributed by atoms with E-state index in [1.165, 1.54) is 19.3 Å². The number of hydrogen-bond acceptors (Lipinski definition) is 22. The van der Waals surface area contributed by atoms with Crippen LogP contribution in [0.15, 0.2) is 0 Å². The SMILES string of the molecule is COCCC(=O)OCCN1CCOCC1.COCCOCCC(=O)OCCN1CCOCC1.COCCOCCOCCC(=O)OCCN1CCOCC1.O=C(OCCN1CCOCC1)C1CCCCC1. The summed E-state index contributed by atoms with van der Waals surface area (Å²) in [7, 11) is 4.81. The minimum atomic E-state index is -0.219. The molecule has 1 aliphatic carbocycles. The van der Waals surface area contributed by atoms with Crippen molar-refractivity contribution in [1.82, 2.24) is 19.6 Å². The van der Waals surface area contributed by atoms with Crippen LogP contribution in [0.4, 0.5) is 0 Å². The van der Waals surface area contributed by atoms with Crippen molar-refractivity contribution in [2.45, 2.75) is 51.4 Å². The van der Waals surface area contributed by atoms with Gasteiger partial charge in [-0.05, 0) is 12.8 Å². The van der Waals surface area contributed by atoms with Crippen LogP contribution in [0.3, 0.4) is 0 Å². The Balaban J connectivity index is 0.000000327. The van der Waals surface area contributed by atoms with Gasteiger partial charge in [-0.25, -0.2) is 0 Å². The van der Waals surface area contributed by atoms with Crippen molar-refractivity contribution in [2.75, 3.05) is 239 Å². The second-order valence-corrected chi connectivity index (χ2v) is 17.0. The smallest absolute Gasteiger partial charge is 0.308 e. The van der Waals surface area contributed by atoms with E-state index in [0.717, 1.165) is 144 Å². The molecule has 5 aliphatic rings. The fourth-order valence-corrected chi connectivity index (χ4v) is 7.32. The average molecular weight is 1030 g/mol. The number of morpholine rings is 4. The van der Waals surface area contributed by atoms with Gasteiger partial charge in [-0.2, -0.15) is 0 Å². The van der Waals surface area contributed by atoms with Crippen LogP contribution in [0, 0.1) is 5.92 Å². The Labute approximate surface area is 424 Å². The average Bonchev–Trinajstić information content (AvgIpc) is 3.41. The molecule has 0 spiro atoms. The molecule has 0 aromatic rings. The lowest BCUT2D eigenvalue weighted by Gasteiger charge is -2.26. The van der Waals surface area contributed by atoms with Gasteiger partial charge < -0.3 is 66.3 Å². The lowest BCUT2D eigenvalue weighted by molar-refractivity contribution is -0.150. The van der Waals surface area contributed by atoms with Crippen LogP contribution in [-0.4, -0.2) is 282 Å². The highest BCUT2D eigenvalue weighted by Gasteiger charge is 2.23. The van der Waals surface area contributed by atoms with E-state index in [1.54, 1.807) is 21.3 Å². The molecule has 0 atom stereocenters. The van der Waals surface area contributed by atoms with Crippen molar-refractivity contribution in [2.24, 2.45) is 5.92 Å². The summed E-state index contributed by atoms with van der Waals surface area (Å²) in [6.07, 6.45) is 6.60. The summed E-state index contributed by atoms with van der Waals surface area (Å²) in [6.45, 7) is 23.0. The number of methoxy groups -OCH3 is 3. The number of carbonyl (C=O) groups is 4. The molecule has 0 N–H and O–H groups in total. The van der Waals surface area contributed by atoms with Crippen LogP contribution in [-0.2, 0) is 85.5 Å². The van der Waals surface area contributed by atoms with Crippen LogP contribution in [0.1, 0.15) is 51.4 Å². The molecule has 0 radical (unpaired) electrons. The van der Waals surface area contributed by atoms with E-state index in [9.17, 15) is 19.2 Å². The highest BCUT2D eigenvalue weighted by molar-refractivity contribution is 5.72. The topological polar surface area (TPSA) is 210 Å². The summed E-state index contributed by atoms with van der Waals surface area (Å²) >= 11 is 0. The van der Waals surface area contributed by atoms with E-state index in [2.05, 4.69) is 19.6 Å². The standard InChI is InChI=1S/C14H27NO6.C13H23NO3.C12H23NO5.C10H19NO4/c1-17-10-11-20-13-12-18-6-2-14(16)21-9-5-15-3-7-19-8-4-15;15-13(12-4-2-1-3-5-12)17-11-8-14-6-9-16-10-7-14;1-15-10-11-16-6-2-12(14)18-9-5-13-3-7-17-8-4-13;1-13-6-2-10(12)15-9-5-11-3-7-14-8-4-11/h2-13H2,1H3;12H,1-11H2;2-11H2,1H3;2-9H2,1H3. The zero-order valence-electron chi connectivity index (χ0n) is 43.7. The molecule has 416 valence electrons. The van der Waals surface area contributed by atoms with Gasteiger partial charge in [0.15, 0.2) is 0 Å². The van der Waals surface area contributed by atoms with E-state index < -0.39 is 0 Å². The van der Waals surface area contributed by atoms with Crippen molar-refractivity contribution in [3.05, 3.63) is 0 Å². The van der Waals surface area contributed by atoms with Crippen LogP contribution in [0.5, 0.6) is 0 Å². The Bertz CT molecular complexity index is 1260. The van der Waals surface area contributed by atoms with E-state index in [0.29, 0.717) is 98.7 Å². The van der Waals surface area contributed by atoms with Gasteiger partial charge in [0.2, 0.25) is 0 Å². The summed E-state index contributed by atoms with van der Waals surface area (Å²) < 4.78 is 71.8. The predicted molar refractivity (Wildman–Crippen MR) is 261 cm³/mol. The second-order valence-electron chi connectivity index (χ2n) is 17.0. The maximum Gasteiger partial charge on any atom is 0.308 e. The van der Waals surface area contributed by atoms with Crippen molar-refractivity contribution in [3.8, 4) is 0 Å². The van der Waals surface area contributed by atoms with Crippen LogP contribution >= 0.6 is 0 Å². The van der Waals surface area contributed by atoms with Gasteiger partial charge in [0.1, 0.15) is 26.4 Å². The van der Waals surface area contributed by atoms with Crippen LogP contribution < -0.4 is 0 Å². The molecule has 4 saturated heterocycles. The Morgan fingerprint density at radius 1 is 0.366 bits per heavy atom. The monoisotopic (exact) mass is 1020 g/mol. The third-order valence-corrected chi connectivity index (χ3v) is 11.7. The fraction of sp³-hybridized carbons (Fsp3) is 0.918. The molecule has 5 rings (SSSR count). The second kappa shape index (κ2) is 47.1. The maximum absolute atomic E-state index is 11.8. The summed E-state index contributed by atoms with van der Waals surface area (Å²) in [6, 6.07) is 0. The largest absolute Gasteiger partial charge is 0.464 e. The summed E-state index contributed by atoms with van der Waals surface area (Å²) in [5.74, 6) is -0.416. The highest BCUT2D eigenvalue weighted by atomic mass is 16.6. The minimum absolute atomic E-state index is 0.0259. The first-order valence-electron chi connectivity index (χ1n) is 25.9. The molecule has 22 heteroatoms. The number of carbonyl (C=O) groups excluding carboxylic acids is 4. The number of rotatable bonds is 31. The van der Waals surface area contributed by atoms with Crippen LogP contribution in [0.25, 0.3) is 0 Å². The number of ether oxygens (including phenoxy) is 14. The van der Waals surface area contributed by atoms with Gasteiger partial charge in [0.05, 0.1) is 137 Å². The Morgan fingerprint density at radius 3 is 1.00 bits per heavy atom. The van der Waals surface area contributed by atoms with E-state index in [4.69, 9.17) is 66.3 Å². The number of nitrogens with zero attached hydrogens (tertiary/aromatic N) is 4. The molecule has 0 aromatic carbocycles. The summed E-state index contributed by atoms with van der Waals surface area (Å²) in [5.41, 5.74) is 0. The van der Waals surface area contributed by atoms with Gasteiger partial charge in [-0.15, -0.1) is 0 Å². The van der Waals surface area contributed by atoms with E-state index in [1.807, 2.05) is 0 Å². The van der Waals surface area contributed by atoms with Gasteiger partial charge in [-0.1, -0.05) is 19.3 Å². The normalized spacial score (nSPS) is 18.4. The fourth-order valence-electron chi connectivity index (χ4n) is 7.32. The molecule has 0 aromatic heterocycles. The molecular weight excluding hydrogens is 933 g/mol.